The van der Waals surface area contributed by atoms with Crippen LogP contribution in [0.5, 0.6) is 11.5 Å². The van der Waals surface area contributed by atoms with E-state index >= 15 is 0 Å². The molecule has 0 N–H and O–H groups in total. The fourth-order valence-corrected chi connectivity index (χ4v) is 1.99. The highest BCUT2D eigenvalue weighted by molar-refractivity contribution is 9.10. The van der Waals surface area contributed by atoms with Crippen molar-refractivity contribution in [1.29, 1.82) is 0 Å². The van der Waals surface area contributed by atoms with Gasteiger partial charge < -0.3 is 9.47 Å². The van der Waals surface area contributed by atoms with E-state index in [2.05, 4.69) is 20.9 Å². The Labute approximate surface area is 125 Å². The zero-order chi connectivity index (χ0) is 13.5. The monoisotopic (exact) mass is 341 g/mol. The van der Waals surface area contributed by atoms with Gasteiger partial charge in [0.25, 0.3) is 0 Å². The third-order valence-electron chi connectivity index (χ3n) is 2.35. The molecular formula is C14H13BrClNO2. The first-order valence-corrected chi connectivity index (χ1v) is 7.13. The van der Waals surface area contributed by atoms with Gasteiger partial charge in [-0.25, -0.2) is 0 Å². The summed E-state index contributed by atoms with van der Waals surface area (Å²) in [6.07, 6.45) is 1.66. The number of ether oxygens (including phenoxy) is 2. The maximum atomic E-state index is 5.66. The zero-order valence-electron chi connectivity index (χ0n) is 10.2. The van der Waals surface area contributed by atoms with E-state index in [1.54, 1.807) is 6.20 Å². The number of aromatic nitrogens is 1. The van der Waals surface area contributed by atoms with Crippen LogP contribution in [0.2, 0.25) is 0 Å². The fourth-order valence-electron chi connectivity index (χ4n) is 1.45. The van der Waals surface area contributed by atoms with Crippen molar-refractivity contribution >= 4 is 27.5 Å². The molecule has 1 aromatic heterocycles. The van der Waals surface area contributed by atoms with Crippen LogP contribution in [0.1, 0.15) is 5.69 Å². The van der Waals surface area contributed by atoms with Crippen LogP contribution in [0.3, 0.4) is 0 Å². The van der Waals surface area contributed by atoms with E-state index in [4.69, 9.17) is 21.1 Å². The highest BCUT2D eigenvalue weighted by Crippen LogP contribution is 2.17. The summed E-state index contributed by atoms with van der Waals surface area (Å²) in [6, 6.07) is 11.4. The predicted octanol–water partition coefficient (Wildman–Crippen LogP) is 4.04. The van der Waals surface area contributed by atoms with E-state index in [1.165, 1.54) is 0 Å². The van der Waals surface area contributed by atoms with Crippen LogP contribution in [0.25, 0.3) is 0 Å². The van der Waals surface area contributed by atoms with E-state index in [9.17, 15) is 0 Å². The largest absolute Gasteiger partial charge is 0.490 e. The zero-order valence-corrected chi connectivity index (χ0v) is 12.5. The highest BCUT2D eigenvalue weighted by atomic mass is 79.9. The van der Waals surface area contributed by atoms with Gasteiger partial charge in [0.05, 0.1) is 17.8 Å². The van der Waals surface area contributed by atoms with Crippen molar-refractivity contribution in [2.75, 3.05) is 13.2 Å². The van der Waals surface area contributed by atoms with Crippen LogP contribution >= 0.6 is 27.5 Å². The molecule has 0 aliphatic heterocycles. The van der Waals surface area contributed by atoms with Crippen LogP contribution < -0.4 is 9.47 Å². The molecule has 0 aliphatic rings. The summed E-state index contributed by atoms with van der Waals surface area (Å²) in [7, 11) is 0. The molecule has 0 saturated heterocycles. The van der Waals surface area contributed by atoms with E-state index in [0.717, 1.165) is 15.9 Å². The van der Waals surface area contributed by atoms with Crippen LogP contribution in [0, 0.1) is 0 Å². The van der Waals surface area contributed by atoms with Gasteiger partial charge in [-0.2, -0.15) is 0 Å². The molecule has 0 aliphatic carbocycles. The lowest BCUT2D eigenvalue weighted by Gasteiger charge is -2.08. The number of halogens is 2. The van der Waals surface area contributed by atoms with Gasteiger partial charge >= 0.3 is 0 Å². The Hall–Kier alpha value is -1.26. The standard InChI is InChI=1S/C14H13BrClNO2/c15-11-2-1-3-13(8-11)18-6-7-19-14-5-4-12(9-16)17-10-14/h1-5,8,10H,6-7,9H2. The molecule has 2 aromatic rings. The van der Waals surface area contributed by atoms with Crippen LogP contribution in [0.4, 0.5) is 0 Å². The fraction of sp³-hybridized carbons (Fsp3) is 0.214. The van der Waals surface area contributed by atoms with Gasteiger partial charge in [-0.15, -0.1) is 11.6 Å². The smallest absolute Gasteiger partial charge is 0.137 e. The molecule has 0 saturated carbocycles. The van der Waals surface area contributed by atoms with Gasteiger partial charge in [0.15, 0.2) is 0 Å². The van der Waals surface area contributed by atoms with Gasteiger partial charge in [0.2, 0.25) is 0 Å². The number of nitrogens with zero attached hydrogens (tertiary/aromatic N) is 1. The minimum absolute atomic E-state index is 0.409. The normalized spacial score (nSPS) is 10.2. The molecule has 5 heteroatoms. The second-order valence-corrected chi connectivity index (χ2v) is 4.96. The maximum Gasteiger partial charge on any atom is 0.137 e. The number of benzene rings is 1. The summed E-state index contributed by atoms with van der Waals surface area (Å²) in [5.41, 5.74) is 0.833. The molecule has 0 radical (unpaired) electrons. The summed E-state index contributed by atoms with van der Waals surface area (Å²) >= 11 is 9.05. The molecule has 0 spiro atoms. The Balaban J connectivity index is 1.74. The molecule has 0 fully saturated rings. The Kier molecular flexibility index (Phi) is 5.48. The number of hydrogen-bond acceptors (Lipinski definition) is 3. The van der Waals surface area contributed by atoms with Gasteiger partial charge in [-0.3, -0.25) is 4.98 Å². The second-order valence-electron chi connectivity index (χ2n) is 3.77. The lowest BCUT2D eigenvalue weighted by Crippen LogP contribution is -2.09. The van der Waals surface area contributed by atoms with E-state index in [0.29, 0.717) is 24.8 Å². The number of hydrogen-bond donors (Lipinski definition) is 0. The summed E-state index contributed by atoms with van der Waals surface area (Å²) in [4.78, 5) is 4.14. The van der Waals surface area contributed by atoms with Crippen molar-refractivity contribution in [2.24, 2.45) is 0 Å². The average Bonchev–Trinajstić information content (AvgIpc) is 2.44. The molecule has 0 unspecified atom stereocenters. The first-order chi connectivity index (χ1) is 9.28. The highest BCUT2D eigenvalue weighted by Gasteiger charge is 1.98. The SMILES string of the molecule is ClCc1ccc(OCCOc2cccc(Br)c2)cn1. The van der Waals surface area contributed by atoms with Gasteiger partial charge in [-0.05, 0) is 30.3 Å². The van der Waals surface area contributed by atoms with Crippen LogP contribution in [-0.2, 0) is 5.88 Å². The lowest BCUT2D eigenvalue weighted by atomic mass is 10.3. The molecule has 0 amide bonds. The molecule has 0 bridgehead atoms. The Morgan fingerprint density at radius 3 is 2.47 bits per heavy atom. The molecule has 3 nitrogen and oxygen atoms in total. The van der Waals surface area contributed by atoms with Crippen molar-refractivity contribution in [3.63, 3.8) is 0 Å². The minimum atomic E-state index is 0.409. The van der Waals surface area contributed by atoms with Crippen LogP contribution in [0.15, 0.2) is 47.1 Å². The average molecular weight is 343 g/mol. The number of rotatable bonds is 6. The minimum Gasteiger partial charge on any atom is -0.490 e. The summed E-state index contributed by atoms with van der Waals surface area (Å²) in [5, 5.41) is 0. The van der Waals surface area contributed by atoms with Crippen molar-refractivity contribution < 1.29 is 9.47 Å². The first kappa shape index (κ1) is 14.2. The van der Waals surface area contributed by atoms with Crippen molar-refractivity contribution in [3.8, 4) is 11.5 Å². The third kappa shape index (κ3) is 4.73. The summed E-state index contributed by atoms with van der Waals surface area (Å²) in [5.74, 6) is 1.94. The quantitative estimate of drug-likeness (QED) is 0.586. The lowest BCUT2D eigenvalue weighted by molar-refractivity contribution is 0.216. The number of pyridine rings is 1. The van der Waals surface area contributed by atoms with E-state index in [-0.39, 0.29) is 0 Å². The molecule has 1 heterocycles. The molecule has 0 atom stereocenters. The van der Waals surface area contributed by atoms with Gasteiger partial charge in [0, 0.05) is 4.47 Å². The summed E-state index contributed by atoms with van der Waals surface area (Å²) in [6.45, 7) is 0.947. The Bertz CT molecular complexity index is 519. The number of alkyl halides is 1. The van der Waals surface area contributed by atoms with E-state index < -0.39 is 0 Å². The van der Waals surface area contributed by atoms with E-state index in [1.807, 2.05) is 36.4 Å². The molecule has 19 heavy (non-hydrogen) atoms. The van der Waals surface area contributed by atoms with Crippen molar-refractivity contribution in [1.82, 2.24) is 4.98 Å². The first-order valence-electron chi connectivity index (χ1n) is 5.80. The van der Waals surface area contributed by atoms with Crippen molar-refractivity contribution in [2.45, 2.75) is 5.88 Å². The van der Waals surface area contributed by atoms with Gasteiger partial charge in [-0.1, -0.05) is 22.0 Å². The second kappa shape index (κ2) is 7.36. The Morgan fingerprint density at radius 1 is 1.05 bits per heavy atom. The molecule has 100 valence electrons. The van der Waals surface area contributed by atoms with Crippen molar-refractivity contribution in [3.05, 3.63) is 52.8 Å². The summed E-state index contributed by atoms with van der Waals surface area (Å²) < 4.78 is 12.1. The predicted molar refractivity (Wildman–Crippen MR) is 78.9 cm³/mol. The third-order valence-corrected chi connectivity index (χ3v) is 3.12. The molecular weight excluding hydrogens is 330 g/mol. The molecule has 1 aromatic carbocycles. The van der Waals surface area contributed by atoms with Crippen LogP contribution in [-0.4, -0.2) is 18.2 Å². The molecule has 2 rings (SSSR count). The topological polar surface area (TPSA) is 31.4 Å². The maximum absolute atomic E-state index is 5.66. The van der Waals surface area contributed by atoms with Gasteiger partial charge in [0.1, 0.15) is 24.7 Å². The Morgan fingerprint density at radius 2 is 1.84 bits per heavy atom.